The molecule has 7 nitrogen and oxygen atoms in total. The van der Waals surface area contributed by atoms with Gasteiger partial charge in [0, 0.05) is 29.8 Å². The Bertz CT molecular complexity index is 1400. The molecular formula is C26H23N3O4. The molecule has 0 bridgehead atoms. The maximum Gasteiger partial charge on any atom is 0.252 e. The molecule has 166 valence electrons. The molecule has 0 saturated heterocycles. The van der Waals surface area contributed by atoms with Gasteiger partial charge in [-0.15, -0.1) is 0 Å². The van der Waals surface area contributed by atoms with E-state index in [-0.39, 0.29) is 11.5 Å². The van der Waals surface area contributed by atoms with E-state index in [1.54, 1.807) is 24.4 Å². The number of ether oxygens (including phenoxy) is 2. The van der Waals surface area contributed by atoms with Crippen molar-refractivity contribution in [2.45, 2.75) is 12.8 Å². The zero-order valence-corrected chi connectivity index (χ0v) is 18.1. The van der Waals surface area contributed by atoms with Gasteiger partial charge in [-0.25, -0.2) is 0 Å². The molecule has 0 atom stereocenters. The number of amides is 2. The van der Waals surface area contributed by atoms with Crippen LogP contribution in [-0.4, -0.2) is 30.5 Å². The number of primary amides is 1. The number of carbonyl (C=O) groups is 2. The molecule has 2 amide bonds. The van der Waals surface area contributed by atoms with Gasteiger partial charge >= 0.3 is 0 Å². The number of aromatic nitrogens is 1. The Labute approximate surface area is 190 Å². The lowest BCUT2D eigenvalue weighted by Gasteiger charge is -2.13. The largest absolute Gasteiger partial charge is 0.496 e. The summed E-state index contributed by atoms with van der Waals surface area (Å²) in [5.74, 6) is 1.45. The molecule has 0 radical (unpaired) electrons. The van der Waals surface area contributed by atoms with E-state index in [0.717, 1.165) is 17.3 Å². The normalized spacial score (nSPS) is 13.1. The fourth-order valence-corrected chi connectivity index (χ4v) is 3.90. The first kappa shape index (κ1) is 20.8. The standard InChI is InChI=1S/C26H23N3O4/c1-32-24-13-22-20(12-21(24)25(27)30)23(9-10-28-22)33-17-7-8-18-16(11-17)3-2-4-19(18)26(31)29-14-15-5-6-15/h2-4,7-13,15H,5-6,14H2,1H3,(H2,27,30)(H,29,31). The molecule has 1 aliphatic rings. The minimum atomic E-state index is -0.596. The van der Waals surface area contributed by atoms with Crippen LogP contribution < -0.4 is 20.5 Å². The second-order valence-corrected chi connectivity index (χ2v) is 8.19. The first-order valence-electron chi connectivity index (χ1n) is 10.8. The van der Waals surface area contributed by atoms with Gasteiger partial charge in [0.1, 0.15) is 17.2 Å². The molecule has 33 heavy (non-hydrogen) atoms. The van der Waals surface area contributed by atoms with Gasteiger partial charge in [0.05, 0.1) is 18.2 Å². The Morgan fingerprint density at radius 1 is 1.03 bits per heavy atom. The smallest absolute Gasteiger partial charge is 0.252 e. The Morgan fingerprint density at radius 3 is 2.64 bits per heavy atom. The van der Waals surface area contributed by atoms with Crippen LogP contribution in [0.25, 0.3) is 21.7 Å². The van der Waals surface area contributed by atoms with Gasteiger partial charge in [0.25, 0.3) is 11.8 Å². The molecule has 0 aliphatic heterocycles. The predicted molar refractivity (Wildman–Crippen MR) is 126 cm³/mol. The molecular weight excluding hydrogens is 418 g/mol. The van der Waals surface area contributed by atoms with E-state index < -0.39 is 5.91 Å². The van der Waals surface area contributed by atoms with Crippen molar-refractivity contribution in [3.8, 4) is 17.2 Å². The van der Waals surface area contributed by atoms with E-state index in [1.807, 2.05) is 36.4 Å². The maximum absolute atomic E-state index is 12.7. The molecule has 0 spiro atoms. The van der Waals surface area contributed by atoms with Crippen LogP contribution in [0.3, 0.4) is 0 Å². The number of hydrogen-bond acceptors (Lipinski definition) is 5. The number of rotatable bonds is 7. The number of hydrogen-bond donors (Lipinski definition) is 2. The highest BCUT2D eigenvalue weighted by Crippen LogP contribution is 2.34. The van der Waals surface area contributed by atoms with Gasteiger partial charge in [-0.2, -0.15) is 0 Å². The summed E-state index contributed by atoms with van der Waals surface area (Å²) in [7, 11) is 1.48. The van der Waals surface area contributed by atoms with Crippen LogP contribution in [0.1, 0.15) is 33.6 Å². The lowest BCUT2D eigenvalue weighted by atomic mass is 10.0. The minimum absolute atomic E-state index is 0.0609. The number of nitrogens with one attached hydrogen (secondary N) is 1. The Morgan fingerprint density at radius 2 is 1.88 bits per heavy atom. The second kappa shape index (κ2) is 8.43. The van der Waals surface area contributed by atoms with Crippen LogP contribution in [0.15, 0.2) is 60.8 Å². The van der Waals surface area contributed by atoms with E-state index in [0.29, 0.717) is 39.6 Å². The van der Waals surface area contributed by atoms with Crippen molar-refractivity contribution >= 4 is 33.5 Å². The van der Waals surface area contributed by atoms with Crippen LogP contribution in [0.2, 0.25) is 0 Å². The van der Waals surface area contributed by atoms with Crippen molar-refractivity contribution in [2.75, 3.05) is 13.7 Å². The van der Waals surface area contributed by atoms with Gasteiger partial charge in [-0.1, -0.05) is 12.1 Å². The van der Waals surface area contributed by atoms with Crippen molar-refractivity contribution in [1.82, 2.24) is 10.3 Å². The number of methoxy groups -OCH3 is 1. The van der Waals surface area contributed by atoms with Crippen LogP contribution in [0, 0.1) is 5.92 Å². The van der Waals surface area contributed by atoms with Crippen LogP contribution >= 0.6 is 0 Å². The summed E-state index contributed by atoms with van der Waals surface area (Å²) in [4.78, 5) is 28.9. The van der Waals surface area contributed by atoms with Crippen LogP contribution in [-0.2, 0) is 0 Å². The molecule has 5 rings (SSSR count). The van der Waals surface area contributed by atoms with Crippen molar-refractivity contribution < 1.29 is 19.1 Å². The number of benzene rings is 3. The summed E-state index contributed by atoms with van der Waals surface area (Å²) < 4.78 is 11.4. The van der Waals surface area contributed by atoms with Gasteiger partial charge in [-0.3, -0.25) is 14.6 Å². The zero-order valence-electron chi connectivity index (χ0n) is 18.1. The second-order valence-electron chi connectivity index (χ2n) is 8.19. The van der Waals surface area contributed by atoms with Crippen molar-refractivity contribution in [2.24, 2.45) is 11.7 Å². The third kappa shape index (κ3) is 4.17. The summed E-state index contributed by atoms with van der Waals surface area (Å²) >= 11 is 0. The highest BCUT2D eigenvalue weighted by atomic mass is 16.5. The van der Waals surface area contributed by atoms with E-state index in [1.165, 1.54) is 20.0 Å². The quantitative estimate of drug-likeness (QED) is 0.442. The van der Waals surface area contributed by atoms with Gasteiger partial charge < -0.3 is 20.5 Å². The number of nitrogens with zero attached hydrogens (tertiary/aromatic N) is 1. The topological polar surface area (TPSA) is 104 Å². The summed E-state index contributed by atoms with van der Waals surface area (Å²) in [5.41, 5.74) is 7.03. The molecule has 1 aliphatic carbocycles. The molecule has 1 aromatic heterocycles. The van der Waals surface area contributed by atoms with Gasteiger partial charge in [0.15, 0.2) is 0 Å². The maximum atomic E-state index is 12.7. The van der Waals surface area contributed by atoms with E-state index in [9.17, 15) is 9.59 Å². The van der Waals surface area contributed by atoms with E-state index in [4.69, 9.17) is 15.2 Å². The SMILES string of the molecule is COc1cc2nccc(Oc3ccc4c(C(=O)NCC5CC5)cccc4c3)c2cc1C(N)=O. The molecule has 4 aromatic rings. The molecule has 3 aromatic carbocycles. The van der Waals surface area contributed by atoms with Gasteiger partial charge in [0.2, 0.25) is 0 Å². The van der Waals surface area contributed by atoms with Crippen LogP contribution in [0.4, 0.5) is 0 Å². The summed E-state index contributed by atoms with van der Waals surface area (Å²) in [5, 5.41) is 5.42. The average molecular weight is 441 g/mol. The first-order chi connectivity index (χ1) is 16.0. The lowest BCUT2D eigenvalue weighted by Crippen LogP contribution is -2.25. The Kier molecular flexibility index (Phi) is 5.30. The molecule has 1 heterocycles. The number of pyridine rings is 1. The number of carbonyl (C=O) groups excluding carboxylic acids is 2. The fourth-order valence-electron chi connectivity index (χ4n) is 3.90. The highest BCUT2D eigenvalue weighted by Gasteiger charge is 2.22. The first-order valence-corrected chi connectivity index (χ1v) is 10.8. The van der Waals surface area contributed by atoms with Gasteiger partial charge in [-0.05, 0) is 65.9 Å². The molecule has 3 N–H and O–H groups in total. The van der Waals surface area contributed by atoms with Crippen LogP contribution in [0.5, 0.6) is 17.2 Å². The third-order valence-corrected chi connectivity index (χ3v) is 5.86. The van der Waals surface area contributed by atoms with Crippen molar-refractivity contribution in [3.63, 3.8) is 0 Å². The lowest BCUT2D eigenvalue weighted by molar-refractivity contribution is 0.0952. The zero-order chi connectivity index (χ0) is 22.9. The summed E-state index contributed by atoms with van der Waals surface area (Å²) in [6.45, 7) is 0.726. The van der Waals surface area contributed by atoms with Crippen molar-refractivity contribution in [1.29, 1.82) is 0 Å². The third-order valence-electron chi connectivity index (χ3n) is 5.86. The molecule has 1 saturated carbocycles. The molecule has 7 heteroatoms. The Hall–Kier alpha value is -4.13. The Balaban J connectivity index is 1.48. The molecule has 0 unspecified atom stereocenters. The average Bonchev–Trinajstić information content (AvgIpc) is 3.66. The fraction of sp³-hybridized carbons (Fsp3) is 0.192. The predicted octanol–water partition coefficient (Wildman–Crippen LogP) is 4.43. The minimum Gasteiger partial charge on any atom is -0.496 e. The van der Waals surface area contributed by atoms with Crippen molar-refractivity contribution in [3.05, 3.63) is 71.9 Å². The summed E-state index contributed by atoms with van der Waals surface area (Å²) in [6, 6.07) is 16.3. The monoisotopic (exact) mass is 441 g/mol. The number of nitrogens with two attached hydrogens (primary N) is 1. The molecule has 1 fully saturated rings. The highest BCUT2D eigenvalue weighted by molar-refractivity contribution is 6.07. The number of fused-ring (bicyclic) bond motifs is 2. The van der Waals surface area contributed by atoms with E-state index >= 15 is 0 Å². The summed E-state index contributed by atoms with van der Waals surface area (Å²) in [6.07, 6.45) is 4.01. The van der Waals surface area contributed by atoms with E-state index in [2.05, 4.69) is 10.3 Å².